The maximum absolute atomic E-state index is 12.6. The first-order valence-corrected chi connectivity index (χ1v) is 9.36. The molecule has 1 aliphatic rings. The van der Waals surface area contributed by atoms with E-state index in [4.69, 9.17) is 0 Å². The number of anilines is 1. The van der Waals surface area contributed by atoms with Gasteiger partial charge in [0, 0.05) is 24.8 Å². The van der Waals surface area contributed by atoms with Crippen LogP contribution < -0.4 is 10.2 Å². The number of hydrogen-bond donors (Lipinski definition) is 1. The summed E-state index contributed by atoms with van der Waals surface area (Å²) in [5.41, 5.74) is 4.36. The van der Waals surface area contributed by atoms with Gasteiger partial charge in [-0.15, -0.1) is 0 Å². The molecule has 2 aromatic rings. The number of piperazine rings is 1. The van der Waals surface area contributed by atoms with Crippen LogP contribution in [0.4, 0.5) is 5.69 Å². The van der Waals surface area contributed by atoms with Gasteiger partial charge in [0.2, 0.25) is 11.8 Å². The molecule has 3 rings (SSSR count). The van der Waals surface area contributed by atoms with Crippen LogP contribution >= 0.6 is 0 Å². The van der Waals surface area contributed by atoms with Gasteiger partial charge in [0.1, 0.15) is 0 Å². The number of hydrogen-bond acceptors (Lipinski definition) is 3. The summed E-state index contributed by atoms with van der Waals surface area (Å²) in [5.74, 6) is -0.0228. The molecule has 0 aliphatic carbocycles. The lowest BCUT2D eigenvalue weighted by molar-refractivity contribution is -0.126. The van der Waals surface area contributed by atoms with Crippen molar-refractivity contribution in [3.8, 4) is 0 Å². The highest BCUT2D eigenvalue weighted by atomic mass is 16.2. The lowest BCUT2D eigenvalue weighted by atomic mass is 10.1. The Morgan fingerprint density at radius 3 is 2.52 bits per heavy atom. The quantitative estimate of drug-likeness (QED) is 0.886. The second-order valence-electron chi connectivity index (χ2n) is 7.30. The number of aryl methyl sites for hydroxylation is 2. The molecule has 1 atom stereocenters. The van der Waals surface area contributed by atoms with Crippen molar-refractivity contribution in [1.82, 2.24) is 10.2 Å². The maximum Gasteiger partial charge on any atom is 0.241 e. The van der Waals surface area contributed by atoms with Gasteiger partial charge in [0.05, 0.1) is 13.1 Å². The Balaban J connectivity index is 1.55. The van der Waals surface area contributed by atoms with E-state index < -0.39 is 0 Å². The van der Waals surface area contributed by atoms with E-state index in [1.54, 1.807) is 0 Å². The Bertz CT molecular complexity index is 817. The topological polar surface area (TPSA) is 52.6 Å². The normalized spacial score (nSPS) is 17.8. The summed E-state index contributed by atoms with van der Waals surface area (Å²) in [7, 11) is 0. The second kappa shape index (κ2) is 8.35. The van der Waals surface area contributed by atoms with Gasteiger partial charge in [-0.05, 0) is 44.0 Å². The molecular formula is C22H27N3O2. The van der Waals surface area contributed by atoms with Crippen LogP contribution in [0.5, 0.6) is 0 Å². The molecule has 2 aromatic carbocycles. The fourth-order valence-corrected chi connectivity index (χ4v) is 3.32. The predicted molar refractivity (Wildman–Crippen MR) is 108 cm³/mol. The number of benzene rings is 2. The highest BCUT2D eigenvalue weighted by Crippen LogP contribution is 2.20. The Hall–Kier alpha value is -2.66. The molecule has 142 valence electrons. The largest absolute Gasteiger partial charge is 0.351 e. The van der Waals surface area contributed by atoms with Gasteiger partial charge < -0.3 is 10.2 Å². The van der Waals surface area contributed by atoms with Crippen molar-refractivity contribution in [3.63, 3.8) is 0 Å². The summed E-state index contributed by atoms with van der Waals surface area (Å²) in [5, 5.41) is 2.97. The zero-order valence-electron chi connectivity index (χ0n) is 16.2. The molecular weight excluding hydrogens is 338 g/mol. The molecule has 1 aliphatic heterocycles. The number of rotatable bonds is 5. The Morgan fingerprint density at radius 2 is 1.81 bits per heavy atom. The van der Waals surface area contributed by atoms with Gasteiger partial charge in [-0.2, -0.15) is 0 Å². The zero-order chi connectivity index (χ0) is 19.4. The van der Waals surface area contributed by atoms with E-state index in [-0.39, 0.29) is 30.9 Å². The molecule has 1 N–H and O–H groups in total. The highest BCUT2D eigenvalue weighted by molar-refractivity contribution is 5.96. The molecule has 2 amide bonds. The summed E-state index contributed by atoms with van der Waals surface area (Å²) in [6.07, 6.45) is 0. The standard InChI is InChI=1S/C22H27N3O2/c1-16-8-10-20(11-9-16)25-13-18(3)24(15-22(25)27)14-21(26)23-12-19-7-5-4-6-17(19)2/h4-11,18H,12-15H2,1-3H3,(H,23,26). The van der Waals surface area contributed by atoms with Crippen molar-refractivity contribution in [2.45, 2.75) is 33.4 Å². The molecule has 5 nitrogen and oxygen atoms in total. The monoisotopic (exact) mass is 365 g/mol. The van der Waals surface area contributed by atoms with Crippen LogP contribution in [0, 0.1) is 13.8 Å². The fourth-order valence-electron chi connectivity index (χ4n) is 3.32. The lowest BCUT2D eigenvalue weighted by Crippen LogP contribution is -2.57. The molecule has 0 spiro atoms. The van der Waals surface area contributed by atoms with E-state index in [9.17, 15) is 9.59 Å². The van der Waals surface area contributed by atoms with Crippen molar-refractivity contribution < 1.29 is 9.59 Å². The molecule has 1 fully saturated rings. The minimum atomic E-state index is -0.0540. The molecule has 5 heteroatoms. The Labute approximate surface area is 161 Å². The van der Waals surface area contributed by atoms with Gasteiger partial charge in [-0.3, -0.25) is 14.5 Å². The molecule has 1 unspecified atom stereocenters. The van der Waals surface area contributed by atoms with Crippen molar-refractivity contribution in [2.24, 2.45) is 0 Å². The molecule has 0 aromatic heterocycles. The van der Waals surface area contributed by atoms with Crippen LogP contribution in [0.25, 0.3) is 0 Å². The Morgan fingerprint density at radius 1 is 1.11 bits per heavy atom. The number of nitrogens with zero attached hydrogens (tertiary/aromatic N) is 2. The van der Waals surface area contributed by atoms with Crippen molar-refractivity contribution in [3.05, 3.63) is 65.2 Å². The third-order valence-corrected chi connectivity index (χ3v) is 5.14. The van der Waals surface area contributed by atoms with Crippen molar-refractivity contribution >= 4 is 17.5 Å². The number of nitrogens with one attached hydrogen (secondary N) is 1. The van der Waals surface area contributed by atoms with Crippen LogP contribution in [-0.2, 0) is 16.1 Å². The van der Waals surface area contributed by atoms with Gasteiger partial charge >= 0.3 is 0 Å². The van der Waals surface area contributed by atoms with Crippen LogP contribution in [0.3, 0.4) is 0 Å². The fraction of sp³-hybridized carbons (Fsp3) is 0.364. The van der Waals surface area contributed by atoms with Crippen molar-refractivity contribution in [2.75, 3.05) is 24.5 Å². The number of carbonyl (C=O) groups excluding carboxylic acids is 2. The summed E-state index contributed by atoms with van der Waals surface area (Å²) in [6, 6.07) is 16.1. The smallest absolute Gasteiger partial charge is 0.241 e. The molecule has 1 heterocycles. The van der Waals surface area contributed by atoms with Crippen molar-refractivity contribution in [1.29, 1.82) is 0 Å². The number of amides is 2. The second-order valence-corrected chi connectivity index (χ2v) is 7.30. The molecule has 1 saturated heterocycles. The third-order valence-electron chi connectivity index (χ3n) is 5.14. The highest BCUT2D eigenvalue weighted by Gasteiger charge is 2.31. The average Bonchev–Trinajstić information content (AvgIpc) is 2.64. The van der Waals surface area contributed by atoms with Gasteiger partial charge in [-0.25, -0.2) is 0 Å². The van der Waals surface area contributed by atoms with E-state index in [1.165, 1.54) is 5.56 Å². The summed E-state index contributed by atoms with van der Waals surface area (Å²) < 4.78 is 0. The van der Waals surface area contributed by atoms with Gasteiger partial charge in [0.15, 0.2) is 0 Å². The molecule has 27 heavy (non-hydrogen) atoms. The van der Waals surface area contributed by atoms with Crippen LogP contribution in [0.1, 0.15) is 23.6 Å². The third kappa shape index (κ3) is 4.74. The SMILES string of the molecule is Cc1ccc(N2CC(C)N(CC(=O)NCc3ccccc3C)CC2=O)cc1. The molecule has 0 bridgehead atoms. The van der Waals surface area contributed by atoms with Crippen LogP contribution in [0.2, 0.25) is 0 Å². The summed E-state index contributed by atoms with van der Waals surface area (Å²) in [6.45, 7) is 7.72. The first-order valence-electron chi connectivity index (χ1n) is 9.36. The minimum Gasteiger partial charge on any atom is -0.351 e. The minimum absolute atomic E-state index is 0.0312. The van der Waals surface area contributed by atoms with Gasteiger partial charge in [-0.1, -0.05) is 42.0 Å². The number of carbonyl (C=O) groups is 2. The van der Waals surface area contributed by atoms with Crippen LogP contribution in [0.15, 0.2) is 48.5 Å². The molecule has 0 radical (unpaired) electrons. The first-order chi connectivity index (χ1) is 12.9. The van der Waals surface area contributed by atoms with E-state index in [0.717, 1.165) is 16.8 Å². The molecule has 0 saturated carbocycles. The Kier molecular flexibility index (Phi) is 5.91. The average molecular weight is 365 g/mol. The maximum atomic E-state index is 12.6. The first kappa shape index (κ1) is 19.1. The summed E-state index contributed by atoms with van der Waals surface area (Å²) in [4.78, 5) is 28.7. The predicted octanol–water partition coefficient (Wildman–Crippen LogP) is 2.66. The lowest BCUT2D eigenvalue weighted by Gasteiger charge is -2.39. The van der Waals surface area contributed by atoms with Gasteiger partial charge in [0.25, 0.3) is 0 Å². The summed E-state index contributed by atoms with van der Waals surface area (Å²) >= 11 is 0. The van der Waals surface area contributed by atoms with E-state index in [0.29, 0.717) is 13.1 Å². The van der Waals surface area contributed by atoms with Crippen LogP contribution in [-0.4, -0.2) is 42.4 Å². The van der Waals surface area contributed by atoms with E-state index in [2.05, 4.69) is 12.2 Å². The van der Waals surface area contributed by atoms with E-state index in [1.807, 2.05) is 72.2 Å². The van der Waals surface area contributed by atoms with E-state index >= 15 is 0 Å². The zero-order valence-corrected chi connectivity index (χ0v) is 16.2.